The Kier molecular flexibility index (Phi) is 72.5. The molecule has 0 saturated carbocycles. The van der Waals surface area contributed by atoms with E-state index in [-0.39, 0.29) is 25.7 Å². The first-order valence-electron chi connectivity index (χ1n) is 42.1. The molecule has 0 aliphatic rings. The topological polar surface area (TPSA) is 237 Å². The van der Waals surface area contributed by atoms with Gasteiger partial charge in [0.05, 0.1) is 26.4 Å². The van der Waals surface area contributed by atoms with Gasteiger partial charge < -0.3 is 33.8 Å². The highest BCUT2D eigenvalue weighted by atomic mass is 31.2. The zero-order chi connectivity index (χ0) is 73.4. The summed E-state index contributed by atoms with van der Waals surface area (Å²) in [5, 5.41) is 10.6. The fourth-order valence-electron chi connectivity index (χ4n) is 12.6. The van der Waals surface area contributed by atoms with Gasteiger partial charge in [-0.05, 0) is 31.6 Å². The quantitative estimate of drug-likeness (QED) is 0.0222. The highest BCUT2D eigenvalue weighted by molar-refractivity contribution is 7.47. The number of aliphatic hydroxyl groups excluding tert-OH is 1. The standard InChI is InChI=1S/C81H158O17P2/c1-6-9-12-15-18-21-24-27-29-31-33-34-36-38-40-43-46-51-57-62-67-81(86)97-76(70-91-78(83)64-59-54-49-44-42-39-37-35-32-30-28-25-22-19-16-13-10-7-2)72-95-99(87,88)93-68-75(82)69-94-100(89,90)96-73-77(71-92-79(84)65-60-55-52-47-48-53-58-63-74(4)5)98-80(85)66-61-56-50-45-41-26-23-20-17-14-11-8-3/h74-77,82H,6-73H2,1-5H3,(H,87,88)(H,89,90)/t75-,76-,77-/m1/s1. The van der Waals surface area contributed by atoms with Crippen molar-refractivity contribution < 1.29 is 80.2 Å². The lowest BCUT2D eigenvalue weighted by Crippen LogP contribution is -2.30. The molecule has 100 heavy (non-hydrogen) atoms. The van der Waals surface area contributed by atoms with E-state index >= 15 is 0 Å². The third-order valence-corrected chi connectivity index (χ3v) is 20.9. The van der Waals surface area contributed by atoms with Gasteiger partial charge in [0, 0.05) is 25.7 Å². The van der Waals surface area contributed by atoms with Gasteiger partial charge in [-0.3, -0.25) is 37.3 Å². The van der Waals surface area contributed by atoms with Gasteiger partial charge in [-0.15, -0.1) is 0 Å². The van der Waals surface area contributed by atoms with E-state index in [1.807, 2.05) is 0 Å². The van der Waals surface area contributed by atoms with Gasteiger partial charge in [0.2, 0.25) is 0 Å². The molecule has 0 saturated heterocycles. The van der Waals surface area contributed by atoms with Crippen LogP contribution in [0.15, 0.2) is 0 Å². The molecule has 17 nitrogen and oxygen atoms in total. The summed E-state index contributed by atoms with van der Waals surface area (Å²) in [6.45, 7) is 7.27. The Morgan fingerprint density at radius 1 is 0.270 bits per heavy atom. The van der Waals surface area contributed by atoms with Crippen molar-refractivity contribution in [3.8, 4) is 0 Å². The summed E-state index contributed by atoms with van der Waals surface area (Å²) in [5.74, 6) is -1.40. The maximum absolute atomic E-state index is 13.1. The number of carbonyl (C=O) groups excluding carboxylic acids is 4. The smallest absolute Gasteiger partial charge is 0.462 e. The predicted molar refractivity (Wildman–Crippen MR) is 409 cm³/mol. The Labute approximate surface area is 613 Å². The summed E-state index contributed by atoms with van der Waals surface area (Å²) in [6, 6.07) is 0. The van der Waals surface area contributed by atoms with Crippen molar-refractivity contribution in [2.45, 2.75) is 451 Å². The normalized spacial score (nSPS) is 13.8. The van der Waals surface area contributed by atoms with Gasteiger partial charge in [-0.25, -0.2) is 9.13 Å². The summed E-state index contributed by atoms with van der Waals surface area (Å²) in [4.78, 5) is 73.0. The summed E-state index contributed by atoms with van der Waals surface area (Å²) < 4.78 is 68.7. The molecule has 19 heteroatoms. The second-order valence-electron chi connectivity index (χ2n) is 29.6. The van der Waals surface area contributed by atoms with Crippen LogP contribution in [0.2, 0.25) is 0 Å². The minimum absolute atomic E-state index is 0.107. The number of rotatable bonds is 81. The molecule has 5 atom stereocenters. The van der Waals surface area contributed by atoms with Crippen molar-refractivity contribution in [2.24, 2.45) is 5.92 Å². The SMILES string of the molecule is CCCCCCCCCCCCCCCCCCCCCCC(=O)O[C@H](COC(=O)CCCCCCCCCCCCCCCCCCCC)COP(=O)(O)OC[C@@H](O)COP(=O)(O)OC[C@@H](COC(=O)CCCCCCCCCC(C)C)OC(=O)CCCCCCCCCCCCCC. The summed E-state index contributed by atoms with van der Waals surface area (Å²) in [6.07, 6.45) is 65.4. The van der Waals surface area contributed by atoms with Crippen molar-refractivity contribution in [3.63, 3.8) is 0 Å². The van der Waals surface area contributed by atoms with Crippen LogP contribution in [-0.4, -0.2) is 96.7 Å². The van der Waals surface area contributed by atoms with E-state index in [9.17, 15) is 43.2 Å². The van der Waals surface area contributed by atoms with Crippen molar-refractivity contribution >= 4 is 39.5 Å². The van der Waals surface area contributed by atoms with Crippen LogP contribution in [0, 0.1) is 5.92 Å². The second kappa shape index (κ2) is 73.9. The lowest BCUT2D eigenvalue weighted by atomic mass is 10.0. The van der Waals surface area contributed by atoms with Crippen LogP contribution < -0.4 is 0 Å². The van der Waals surface area contributed by atoms with Crippen LogP contribution >= 0.6 is 15.6 Å². The average Bonchev–Trinajstić information content (AvgIpc) is 0.915. The lowest BCUT2D eigenvalue weighted by molar-refractivity contribution is -0.161. The zero-order valence-corrected chi connectivity index (χ0v) is 67.1. The third kappa shape index (κ3) is 74.3. The number of phosphoric acid groups is 2. The largest absolute Gasteiger partial charge is 0.472 e. The van der Waals surface area contributed by atoms with Crippen molar-refractivity contribution in [1.82, 2.24) is 0 Å². The first-order valence-corrected chi connectivity index (χ1v) is 45.1. The van der Waals surface area contributed by atoms with E-state index in [2.05, 4.69) is 34.6 Å². The van der Waals surface area contributed by atoms with E-state index in [0.717, 1.165) is 96.3 Å². The number of hydrogen-bond donors (Lipinski definition) is 3. The van der Waals surface area contributed by atoms with Gasteiger partial charge in [0.1, 0.15) is 19.3 Å². The molecule has 594 valence electrons. The molecule has 0 spiro atoms. The van der Waals surface area contributed by atoms with E-state index in [1.54, 1.807) is 0 Å². The van der Waals surface area contributed by atoms with Crippen molar-refractivity contribution in [1.29, 1.82) is 0 Å². The van der Waals surface area contributed by atoms with Crippen molar-refractivity contribution in [2.75, 3.05) is 39.6 Å². The molecule has 0 rings (SSSR count). The number of esters is 4. The fourth-order valence-corrected chi connectivity index (χ4v) is 14.2. The van der Waals surface area contributed by atoms with Crippen LogP contribution in [-0.2, 0) is 65.4 Å². The minimum Gasteiger partial charge on any atom is -0.462 e. The maximum atomic E-state index is 13.1. The fraction of sp³-hybridized carbons (Fsp3) is 0.951. The molecule has 0 amide bonds. The third-order valence-electron chi connectivity index (χ3n) is 19.0. The zero-order valence-electron chi connectivity index (χ0n) is 65.3. The predicted octanol–water partition coefficient (Wildman–Crippen LogP) is 24.4. The number of carbonyl (C=O) groups is 4. The Balaban J connectivity index is 5.21. The van der Waals surface area contributed by atoms with Gasteiger partial charge >= 0.3 is 39.5 Å². The van der Waals surface area contributed by atoms with Gasteiger partial charge in [0.15, 0.2) is 12.2 Å². The highest BCUT2D eigenvalue weighted by Gasteiger charge is 2.30. The molecular weight excluding hydrogens is 1310 g/mol. The molecule has 0 fully saturated rings. The Bertz CT molecular complexity index is 1910. The first-order chi connectivity index (χ1) is 48.5. The molecular formula is C81H158O17P2. The molecule has 2 unspecified atom stereocenters. The van der Waals surface area contributed by atoms with Gasteiger partial charge in [-0.2, -0.15) is 0 Å². The Morgan fingerprint density at radius 2 is 0.460 bits per heavy atom. The second-order valence-corrected chi connectivity index (χ2v) is 32.5. The molecule has 0 aliphatic carbocycles. The number of ether oxygens (including phenoxy) is 4. The first kappa shape index (κ1) is 98.1. The van der Waals surface area contributed by atoms with Crippen molar-refractivity contribution in [3.05, 3.63) is 0 Å². The number of aliphatic hydroxyl groups is 1. The van der Waals surface area contributed by atoms with Crippen LogP contribution in [0.25, 0.3) is 0 Å². The van der Waals surface area contributed by atoms with Crippen LogP contribution in [0.5, 0.6) is 0 Å². The number of hydrogen-bond acceptors (Lipinski definition) is 15. The highest BCUT2D eigenvalue weighted by Crippen LogP contribution is 2.45. The summed E-state index contributed by atoms with van der Waals surface area (Å²) in [5.41, 5.74) is 0. The monoisotopic (exact) mass is 1470 g/mol. The molecule has 0 bridgehead atoms. The van der Waals surface area contributed by atoms with E-state index in [4.69, 9.17) is 37.0 Å². The molecule has 0 aromatic carbocycles. The Hall–Kier alpha value is -1.94. The Morgan fingerprint density at radius 3 is 0.680 bits per heavy atom. The minimum atomic E-state index is -4.96. The number of phosphoric ester groups is 2. The molecule has 0 heterocycles. The average molecular weight is 1470 g/mol. The molecule has 3 N–H and O–H groups in total. The van der Waals surface area contributed by atoms with E-state index < -0.39 is 97.5 Å². The van der Waals surface area contributed by atoms with Crippen LogP contribution in [0.4, 0.5) is 0 Å². The molecule has 0 radical (unpaired) electrons. The van der Waals surface area contributed by atoms with E-state index in [0.29, 0.717) is 31.6 Å². The maximum Gasteiger partial charge on any atom is 0.472 e. The van der Waals surface area contributed by atoms with Gasteiger partial charge in [-0.1, -0.05) is 381 Å². The van der Waals surface area contributed by atoms with E-state index in [1.165, 1.54) is 250 Å². The molecule has 0 aliphatic heterocycles. The summed E-state index contributed by atoms with van der Waals surface area (Å²) >= 11 is 0. The van der Waals surface area contributed by atoms with Crippen LogP contribution in [0.3, 0.4) is 0 Å². The van der Waals surface area contributed by atoms with Crippen LogP contribution in [0.1, 0.15) is 433 Å². The molecule has 0 aromatic heterocycles. The lowest BCUT2D eigenvalue weighted by Gasteiger charge is -2.21. The summed E-state index contributed by atoms with van der Waals surface area (Å²) in [7, 11) is -9.92. The molecule has 0 aromatic rings. The number of unbranched alkanes of at least 4 members (excludes halogenated alkanes) is 53. The van der Waals surface area contributed by atoms with Gasteiger partial charge in [0.25, 0.3) is 0 Å².